The van der Waals surface area contributed by atoms with E-state index in [0.29, 0.717) is 5.89 Å². The van der Waals surface area contributed by atoms with Crippen LogP contribution in [0.3, 0.4) is 0 Å². The number of nitrogens with two attached hydrogens (primary N) is 1. The molecule has 1 aromatic heterocycles. The Kier molecular flexibility index (Phi) is 4.49. The van der Waals surface area contributed by atoms with Gasteiger partial charge < -0.3 is 15.5 Å². The van der Waals surface area contributed by atoms with Crippen LogP contribution in [0.5, 0.6) is 0 Å². The second kappa shape index (κ2) is 5.65. The van der Waals surface area contributed by atoms with E-state index < -0.39 is 6.04 Å². The highest BCUT2D eigenvalue weighted by atomic mass is 16.4. The molecule has 5 heteroatoms. The molecule has 2 unspecified atom stereocenters. The first-order valence-corrected chi connectivity index (χ1v) is 5.49. The summed E-state index contributed by atoms with van der Waals surface area (Å²) >= 11 is 0. The number of oxazole rings is 1. The zero-order valence-electron chi connectivity index (χ0n) is 9.99. The fraction of sp³-hybridized carbons (Fsp3) is 0.636. The van der Waals surface area contributed by atoms with Crippen molar-refractivity contribution in [3.05, 3.63) is 17.8 Å². The van der Waals surface area contributed by atoms with E-state index in [2.05, 4.69) is 10.3 Å². The summed E-state index contributed by atoms with van der Waals surface area (Å²) in [5.41, 5.74) is 5.78. The number of aromatic nitrogens is 1. The van der Waals surface area contributed by atoms with Crippen LogP contribution in [-0.2, 0) is 11.3 Å². The smallest absolute Gasteiger partial charge is 0.237 e. The zero-order chi connectivity index (χ0) is 12.1. The molecule has 1 heterocycles. The van der Waals surface area contributed by atoms with Crippen molar-refractivity contribution in [2.45, 2.75) is 39.8 Å². The molecule has 2 atom stereocenters. The van der Waals surface area contributed by atoms with Gasteiger partial charge in [-0.1, -0.05) is 20.3 Å². The molecule has 5 nitrogen and oxygen atoms in total. The van der Waals surface area contributed by atoms with Gasteiger partial charge in [-0.15, -0.1) is 0 Å². The maximum atomic E-state index is 11.6. The molecule has 16 heavy (non-hydrogen) atoms. The highest BCUT2D eigenvalue weighted by molar-refractivity contribution is 5.81. The van der Waals surface area contributed by atoms with Gasteiger partial charge in [0.1, 0.15) is 5.76 Å². The first-order valence-electron chi connectivity index (χ1n) is 5.49. The number of nitrogens with one attached hydrogen (secondary N) is 1. The molecule has 0 spiro atoms. The van der Waals surface area contributed by atoms with Gasteiger partial charge in [0.25, 0.3) is 0 Å². The molecule has 1 aromatic rings. The quantitative estimate of drug-likeness (QED) is 0.782. The van der Waals surface area contributed by atoms with E-state index in [4.69, 9.17) is 10.2 Å². The van der Waals surface area contributed by atoms with Crippen LogP contribution in [0, 0.1) is 12.8 Å². The van der Waals surface area contributed by atoms with E-state index in [1.807, 2.05) is 20.8 Å². The highest BCUT2D eigenvalue weighted by Gasteiger charge is 2.19. The number of carbonyl (C=O) groups excluding carboxylic acids is 1. The number of carbonyl (C=O) groups is 1. The van der Waals surface area contributed by atoms with E-state index in [1.54, 1.807) is 6.20 Å². The second-order valence-electron chi connectivity index (χ2n) is 3.99. The molecule has 0 bridgehead atoms. The third kappa shape index (κ3) is 3.34. The summed E-state index contributed by atoms with van der Waals surface area (Å²) in [6, 6.07) is -0.471. The van der Waals surface area contributed by atoms with Crippen LogP contribution in [0.1, 0.15) is 31.9 Å². The molecular weight excluding hydrogens is 206 g/mol. The summed E-state index contributed by atoms with van der Waals surface area (Å²) < 4.78 is 5.23. The maximum Gasteiger partial charge on any atom is 0.237 e. The fourth-order valence-electron chi connectivity index (χ4n) is 1.28. The van der Waals surface area contributed by atoms with Crippen molar-refractivity contribution < 1.29 is 9.21 Å². The summed E-state index contributed by atoms with van der Waals surface area (Å²) in [6.45, 7) is 6.06. The number of nitrogens with zero attached hydrogens (tertiary/aromatic N) is 1. The average molecular weight is 225 g/mol. The Morgan fingerprint density at radius 1 is 1.69 bits per heavy atom. The molecule has 0 fully saturated rings. The van der Waals surface area contributed by atoms with E-state index in [-0.39, 0.29) is 18.4 Å². The van der Waals surface area contributed by atoms with Gasteiger partial charge >= 0.3 is 0 Å². The van der Waals surface area contributed by atoms with Crippen molar-refractivity contribution in [3.63, 3.8) is 0 Å². The van der Waals surface area contributed by atoms with Crippen molar-refractivity contribution in [1.29, 1.82) is 0 Å². The summed E-state index contributed by atoms with van der Waals surface area (Å²) in [5, 5.41) is 2.71. The van der Waals surface area contributed by atoms with Crippen molar-refractivity contribution in [1.82, 2.24) is 10.3 Å². The Morgan fingerprint density at radius 2 is 2.38 bits per heavy atom. The predicted molar refractivity (Wildman–Crippen MR) is 60.5 cm³/mol. The molecule has 0 aliphatic heterocycles. The lowest BCUT2D eigenvalue weighted by molar-refractivity contribution is -0.123. The first kappa shape index (κ1) is 12.7. The lowest BCUT2D eigenvalue weighted by Crippen LogP contribution is -2.44. The first-order chi connectivity index (χ1) is 7.54. The van der Waals surface area contributed by atoms with E-state index in [0.717, 1.165) is 12.2 Å². The van der Waals surface area contributed by atoms with Crippen LogP contribution >= 0.6 is 0 Å². The monoisotopic (exact) mass is 225 g/mol. The third-order valence-corrected chi connectivity index (χ3v) is 2.64. The Hall–Kier alpha value is -1.36. The molecule has 0 radical (unpaired) electrons. The molecule has 90 valence electrons. The van der Waals surface area contributed by atoms with Crippen LogP contribution in [0.15, 0.2) is 10.6 Å². The SMILES string of the molecule is CCC(C)C(N)C(=O)NCc1ncc(C)o1. The predicted octanol–water partition coefficient (Wildman–Crippen LogP) is 0.973. The summed E-state index contributed by atoms with van der Waals surface area (Å²) in [5.74, 6) is 1.24. The van der Waals surface area contributed by atoms with Crippen LogP contribution < -0.4 is 11.1 Å². The van der Waals surface area contributed by atoms with Crippen LogP contribution in [0.25, 0.3) is 0 Å². The van der Waals surface area contributed by atoms with Gasteiger partial charge in [0.15, 0.2) is 0 Å². The van der Waals surface area contributed by atoms with Crippen molar-refractivity contribution in [2.75, 3.05) is 0 Å². The molecule has 0 saturated carbocycles. The minimum Gasteiger partial charge on any atom is -0.444 e. The Morgan fingerprint density at radius 3 is 2.88 bits per heavy atom. The van der Waals surface area contributed by atoms with Gasteiger partial charge in [0.05, 0.1) is 18.8 Å². The van der Waals surface area contributed by atoms with Crippen molar-refractivity contribution in [3.8, 4) is 0 Å². The Balaban J connectivity index is 2.40. The maximum absolute atomic E-state index is 11.6. The third-order valence-electron chi connectivity index (χ3n) is 2.64. The lowest BCUT2D eigenvalue weighted by Gasteiger charge is -2.16. The van der Waals surface area contributed by atoms with Gasteiger partial charge in [-0.2, -0.15) is 0 Å². The fourth-order valence-corrected chi connectivity index (χ4v) is 1.28. The average Bonchev–Trinajstić information content (AvgIpc) is 2.69. The van der Waals surface area contributed by atoms with E-state index in [1.165, 1.54) is 0 Å². The van der Waals surface area contributed by atoms with Crippen LogP contribution in [-0.4, -0.2) is 16.9 Å². The topological polar surface area (TPSA) is 81.2 Å². The van der Waals surface area contributed by atoms with Crippen molar-refractivity contribution >= 4 is 5.91 Å². The molecule has 0 aliphatic carbocycles. The summed E-state index contributed by atoms with van der Waals surface area (Å²) in [6.07, 6.45) is 2.50. The zero-order valence-corrected chi connectivity index (χ0v) is 9.99. The minimum atomic E-state index is -0.471. The van der Waals surface area contributed by atoms with Gasteiger partial charge in [0, 0.05) is 0 Å². The van der Waals surface area contributed by atoms with Crippen LogP contribution in [0.2, 0.25) is 0 Å². The van der Waals surface area contributed by atoms with Gasteiger partial charge in [-0.25, -0.2) is 4.98 Å². The van der Waals surface area contributed by atoms with Gasteiger partial charge in [-0.3, -0.25) is 4.79 Å². The van der Waals surface area contributed by atoms with Crippen LogP contribution in [0.4, 0.5) is 0 Å². The number of amides is 1. The standard InChI is InChI=1S/C11H19N3O2/c1-4-7(2)10(12)11(15)14-6-9-13-5-8(3)16-9/h5,7,10H,4,6,12H2,1-3H3,(H,14,15). The number of aryl methyl sites for hydroxylation is 1. The normalized spacial score (nSPS) is 14.5. The minimum absolute atomic E-state index is 0.162. The van der Waals surface area contributed by atoms with Gasteiger partial charge in [-0.05, 0) is 12.8 Å². The number of hydrogen-bond acceptors (Lipinski definition) is 4. The molecule has 1 amide bonds. The number of rotatable bonds is 5. The largest absolute Gasteiger partial charge is 0.444 e. The Labute approximate surface area is 95.4 Å². The van der Waals surface area contributed by atoms with Gasteiger partial charge in [0.2, 0.25) is 11.8 Å². The molecular formula is C11H19N3O2. The molecule has 3 N–H and O–H groups in total. The lowest BCUT2D eigenvalue weighted by atomic mass is 9.99. The molecule has 0 aromatic carbocycles. The Bertz CT molecular complexity index is 349. The summed E-state index contributed by atoms with van der Waals surface area (Å²) in [4.78, 5) is 15.6. The second-order valence-corrected chi connectivity index (χ2v) is 3.99. The summed E-state index contributed by atoms with van der Waals surface area (Å²) in [7, 11) is 0. The highest BCUT2D eigenvalue weighted by Crippen LogP contribution is 2.06. The molecule has 0 aliphatic rings. The van der Waals surface area contributed by atoms with E-state index in [9.17, 15) is 4.79 Å². The molecule has 0 saturated heterocycles. The van der Waals surface area contributed by atoms with E-state index >= 15 is 0 Å². The van der Waals surface area contributed by atoms with Crippen molar-refractivity contribution in [2.24, 2.45) is 11.7 Å². The molecule has 1 rings (SSSR count). The number of hydrogen-bond donors (Lipinski definition) is 2.